The molecule has 2 aromatic heterocycles. The maximum atomic E-state index is 5.67. The third-order valence-corrected chi connectivity index (χ3v) is 5.14. The van der Waals surface area contributed by atoms with Crippen molar-refractivity contribution in [2.45, 2.75) is 18.7 Å². The summed E-state index contributed by atoms with van der Waals surface area (Å²) in [7, 11) is 0. The number of hydrogen-bond acceptors (Lipinski definition) is 8. The second-order valence-corrected chi connectivity index (χ2v) is 7.20. The van der Waals surface area contributed by atoms with E-state index in [0.29, 0.717) is 29.3 Å². The smallest absolute Gasteiger partial charge is 0.283 e. The quantitative estimate of drug-likeness (QED) is 0.850. The van der Waals surface area contributed by atoms with Gasteiger partial charge in [0.1, 0.15) is 0 Å². The van der Waals surface area contributed by atoms with Crippen LogP contribution in [0.3, 0.4) is 0 Å². The summed E-state index contributed by atoms with van der Waals surface area (Å²) in [5, 5.41) is 9.97. The second-order valence-electron chi connectivity index (χ2n) is 5.79. The first-order valence-corrected chi connectivity index (χ1v) is 8.70. The van der Waals surface area contributed by atoms with E-state index in [1.54, 1.807) is 6.26 Å². The Bertz CT molecular complexity index is 676. The molecule has 0 N–H and O–H groups in total. The van der Waals surface area contributed by atoms with E-state index in [1.165, 1.54) is 5.17 Å². The highest BCUT2D eigenvalue weighted by Gasteiger charge is 2.25. The lowest BCUT2D eigenvalue weighted by Gasteiger charge is -2.34. The van der Waals surface area contributed by atoms with Gasteiger partial charge in [-0.1, -0.05) is 18.7 Å². The number of furan rings is 1. The van der Waals surface area contributed by atoms with E-state index in [1.807, 2.05) is 23.9 Å². The first-order valence-electron chi connectivity index (χ1n) is 7.82. The van der Waals surface area contributed by atoms with Crippen LogP contribution in [0.5, 0.6) is 0 Å². The molecule has 0 bridgehead atoms. The van der Waals surface area contributed by atoms with Crippen molar-refractivity contribution in [1.29, 1.82) is 0 Å². The molecule has 4 rings (SSSR count). The maximum Gasteiger partial charge on any atom is 0.283 e. The van der Waals surface area contributed by atoms with Crippen molar-refractivity contribution in [3.05, 3.63) is 24.3 Å². The first kappa shape index (κ1) is 14.8. The van der Waals surface area contributed by atoms with Crippen LogP contribution in [0, 0.1) is 0 Å². The second kappa shape index (κ2) is 6.37. The molecule has 4 heterocycles. The normalized spacial score (nSPS) is 22.6. The molecule has 7 nitrogen and oxygen atoms in total. The van der Waals surface area contributed by atoms with Crippen LogP contribution >= 0.6 is 11.8 Å². The molecule has 2 aliphatic heterocycles. The van der Waals surface area contributed by atoms with Gasteiger partial charge in [-0.15, -0.1) is 10.2 Å². The zero-order valence-electron chi connectivity index (χ0n) is 13.0. The number of hydrogen-bond donors (Lipinski definition) is 0. The molecule has 2 aliphatic rings. The predicted octanol–water partition coefficient (Wildman–Crippen LogP) is 1.94. The fourth-order valence-electron chi connectivity index (χ4n) is 2.74. The van der Waals surface area contributed by atoms with Gasteiger partial charge < -0.3 is 13.7 Å². The number of thioether (sulfide) groups is 1. The molecule has 23 heavy (non-hydrogen) atoms. The summed E-state index contributed by atoms with van der Waals surface area (Å²) in [5.41, 5.74) is 0. The molecule has 0 unspecified atom stereocenters. The van der Waals surface area contributed by atoms with Gasteiger partial charge in [0.15, 0.2) is 10.9 Å². The molecular weight excluding hydrogens is 314 g/mol. The van der Waals surface area contributed by atoms with Gasteiger partial charge in [0, 0.05) is 31.4 Å². The Hall–Kier alpha value is -1.80. The summed E-state index contributed by atoms with van der Waals surface area (Å²) in [6.45, 7) is 7.80. The average Bonchev–Trinajstić information content (AvgIpc) is 3.28. The van der Waals surface area contributed by atoms with E-state index in [2.05, 4.69) is 31.9 Å². The van der Waals surface area contributed by atoms with Crippen molar-refractivity contribution in [3.8, 4) is 11.7 Å². The molecular formula is C15H19N5O2S. The zero-order chi connectivity index (χ0) is 15.6. The van der Waals surface area contributed by atoms with E-state index >= 15 is 0 Å². The van der Waals surface area contributed by atoms with Crippen LogP contribution in [0.4, 0.5) is 0 Å². The Kier molecular flexibility index (Phi) is 4.09. The Labute approximate surface area is 138 Å². The SMILES string of the molecule is C[C@@H]1CN=C(N2CCN(Cc3nnc(-c4ccco4)o3)CC2)S1. The van der Waals surface area contributed by atoms with Crippen LogP contribution in [0.25, 0.3) is 11.7 Å². The molecule has 0 aliphatic carbocycles. The Morgan fingerprint density at radius 3 is 2.83 bits per heavy atom. The number of rotatable bonds is 3. The van der Waals surface area contributed by atoms with Crippen LogP contribution in [-0.2, 0) is 6.54 Å². The van der Waals surface area contributed by atoms with Crippen molar-refractivity contribution < 1.29 is 8.83 Å². The van der Waals surface area contributed by atoms with E-state index in [0.717, 1.165) is 32.7 Å². The van der Waals surface area contributed by atoms with Crippen molar-refractivity contribution in [1.82, 2.24) is 20.0 Å². The Balaban J connectivity index is 1.31. The number of piperazine rings is 1. The standard InChI is InChI=1S/C15H19N5O2S/c1-11-9-16-15(23-11)20-6-4-19(5-7-20)10-13-17-18-14(22-13)12-3-2-8-21-12/h2-3,8,11H,4-7,9-10H2,1H3/t11-/m1/s1. The van der Waals surface area contributed by atoms with Gasteiger partial charge in [-0.05, 0) is 12.1 Å². The van der Waals surface area contributed by atoms with E-state index in [9.17, 15) is 0 Å². The molecule has 8 heteroatoms. The predicted molar refractivity (Wildman–Crippen MR) is 88.2 cm³/mol. The van der Waals surface area contributed by atoms with Gasteiger partial charge in [-0.2, -0.15) is 0 Å². The summed E-state index contributed by atoms with van der Waals surface area (Å²) < 4.78 is 10.9. The first-order chi connectivity index (χ1) is 11.3. The molecule has 0 amide bonds. The lowest BCUT2D eigenvalue weighted by atomic mass is 10.3. The van der Waals surface area contributed by atoms with Gasteiger partial charge in [-0.3, -0.25) is 9.89 Å². The molecule has 0 radical (unpaired) electrons. The molecule has 0 spiro atoms. The minimum Gasteiger partial charge on any atom is -0.459 e. The monoisotopic (exact) mass is 333 g/mol. The van der Waals surface area contributed by atoms with Crippen molar-refractivity contribution in [3.63, 3.8) is 0 Å². The highest BCUT2D eigenvalue weighted by molar-refractivity contribution is 8.14. The lowest BCUT2D eigenvalue weighted by Crippen LogP contribution is -2.47. The van der Waals surface area contributed by atoms with E-state index in [-0.39, 0.29) is 0 Å². The van der Waals surface area contributed by atoms with Gasteiger partial charge in [0.25, 0.3) is 5.89 Å². The topological polar surface area (TPSA) is 70.9 Å². The minimum absolute atomic E-state index is 0.439. The number of aliphatic imine (C=N–C) groups is 1. The van der Waals surface area contributed by atoms with Gasteiger partial charge in [0.2, 0.25) is 5.89 Å². The van der Waals surface area contributed by atoms with E-state index in [4.69, 9.17) is 8.83 Å². The van der Waals surface area contributed by atoms with Crippen molar-refractivity contribution in [2.75, 3.05) is 32.7 Å². The number of aromatic nitrogens is 2. The van der Waals surface area contributed by atoms with Gasteiger partial charge in [-0.25, -0.2) is 0 Å². The lowest BCUT2D eigenvalue weighted by molar-refractivity contribution is 0.164. The fourth-order valence-corrected chi connectivity index (χ4v) is 3.73. The third-order valence-electron chi connectivity index (χ3n) is 3.99. The summed E-state index contributed by atoms with van der Waals surface area (Å²) in [5.74, 6) is 1.68. The Morgan fingerprint density at radius 2 is 2.13 bits per heavy atom. The van der Waals surface area contributed by atoms with Gasteiger partial charge in [0.05, 0.1) is 19.4 Å². The average molecular weight is 333 g/mol. The van der Waals surface area contributed by atoms with Crippen molar-refractivity contribution in [2.24, 2.45) is 4.99 Å². The summed E-state index contributed by atoms with van der Waals surface area (Å²) in [4.78, 5) is 9.33. The highest BCUT2D eigenvalue weighted by atomic mass is 32.2. The zero-order valence-corrected chi connectivity index (χ0v) is 13.8. The summed E-state index contributed by atoms with van der Waals surface area (Å²) in [6.07, 6.45) is 1.60. The van der Waals surface area contributed by atoms with Crippen LogP contribution < -0.4 is 0 Å². The number of nitrogens with zero attached hydrogens (tertiary/aromatic N) is 5. The van der Waals surface area contributed by atoms with Crippen LogP contribution in [-0.4, -0.2) is 63.1 Å². The van der Waals surface area contributed by atoms with Crippen LogP contribution in [0.2, 0.25) is 0 Å². The molecule has 1 atom stereocenters. The molecule has 0 aromatic carbocycles. The van der Waals surface area contributed by atoms with Gasteiger partial charge >= 0.3 is 0 Å². The maximum absolute atomic E-state index is 5.67. The minimum atomic E-state index is 0.439. The molecule has 1 fully saturated rings. The fraction of sp³-hybridized carbons (Fsp3) is 0.533. The number of amidine groups is 1. The van der Waals surface area contributed by atoms with Crippen LogP contribution in [0.15, 0.2) is 32.2 Å². The third kappa shape index (κ3) is 3.28. The molecule has 1 saturated heterocycles. The largest absolute Gasteiger partial charge is 0.459 e. The molecule has 2 aromatic rings. The summed E-state index contributed by atoms with van der Waals surface area (Å²) in [6, 6.07) is 3.63. The van der Waals surface area contributed by atoms with E-state index < -0.39 is 0 Å². The summed E-state index contributed by atoms with van der Waals surface area (Å²) >= 11 is 1.89. The van der Waals surface area contributed by atoms with Crippen molar-refractivity contribution >= 4 is 16.9 Å². The molecule has 122 valence electrons. The highest BCUT2D eigenvalue weighted by Crippen LogP contribution is 2.24. The molecule has 0 saturated carbocycles. The van der Waals surface area contributed by atoms with Crippen LogP contribution in [0.1, 0.15) is 12.8 Å². The Morgan fingerprint density at radius 1 is 1.26 bits per heavy atom.